The van der Waals surface area contributed by atoms with Crippen molar-refractivity contribution in [3.63, 3.8) is 0 Å². The lowest BCUT2D eigenvalue weighted by Crippen LogP contribution is -2.39. The van der Waals surface area contributed by atoms with E-state index in [1.165, 1.54) is 38.3 Å². The molecule has 178 valence electrons. The average Bonchev–Trinajstić information content (AvgIpc) is 3.21. The normalized spacial score (nSPS) is 19.3. The second kappa shape index (κ2) is 9.16. The molecular formula is C33H29NO2. The van der Waals surface area contributed by atoms with Crippen molar-refractivity contribution < 1.29 is 9.53 Å². The molecule has 0 spiro atoms. The van der Waals surface area contributed by atoms with Crippen molar-refractivity contribution in [1.82, 2.24) is 5.32 Å². The Kier molecular flexibility index (Phi) is 5.69. The number of carbonyl (C=O) groups is 1. The number of carbonyl (C=O) groups excluding carboxylic acids is 1. The Bertz CT molecular complexity index is 1590. The third kappa shape index (κ3) is 3.91. The van der Waals surface area contributed by atoms with Gasteiger partial charge in [-0.1, -0.05) is 60.7 Å². The number of fused-ring (bicyclic) bond motifs is 5. The summed E-state index contributed by atoms with van der Waals surface area (Å²) in [5.74, 6) is 1.13. The van der Waals surface area contributed by atoms with E-state index < -0.39 is 0 Å². The minimum atomic E-state index is -0.0918. The fourth-order valence-corrected chi connectivity index (χ4v) is 5.71. The Morgan fingerprint density at radius 3 is 2.69 bits per heavy atom. The summed E-state index contributed by atoms with van der Waals surface area (Å²) in [5, 5.41) is 5.91. The van der Waals surface area contributed by atoms with Crippen LogP contribution in [0.3, 0.4) is 0 Å². The van der Waals surface area contributed by atoms with E-state index in [2.05, 4.69) is 72.1 Å². The van der Waals surface area contributed by atoms with Gasteiger partial charge >= 0.3 is 0 Å². The topological polar surface area (TPSA) is 38.3 Å². The molecule has 6 rings (SSSR count). The van der Waals surface area contributed by atoms with Crippen LogP contribution in [-0.4, -0.2) is 12.9 Å². The van der Waals surface area contributed by atoms with E-state index in [1.807, 2.05) is 30.5 Å². The van der Waals surface area contributed by atoms with Gasteiger partial charge in [0.1, 0.15) is 11.5 Å². The number of hydrogen-bond donors (Lipinski definition) is 1. The molecule has 0 saturated heterocycles. The van der Waals surface area contributed by atoms with Crippen molar-refractivity contribution >= 4 is 17.9 Å². The quantitative estimate of drug-likeness (QED) is 0.554. The van der Waals surface area contributed by atoms with Crippen LogP contribution >= 0.6 is 0 Å². The van der Waals surface area contributed by atoms with E-state index >= 15 is 0 Å². The van der Waals surface area contributed by atoms with Gasteiger partial charge in [-0.05, 0) is 93.9 Å². The Hall–Kier alpha value is -4.11. The van der Waals surface area contributed by atoms with Gasteiger partial charge in [0.05, 0.1) is 7.11 Å². The predicted molar refractivity (Wildman–Crippen MR) is 147 cm³/mol. The summed E-state index contributed by atoms with van der Waals surface area (Å²) in [6, 6.07) is 19.5. The molecule has 3 aromatic carbocycles. The smallest absolute Gasteiger partial charge is 0.136 e. The van der Waals surface area contributed by atoms with Gasteiger partial charge in [0.15, 0.2) is 0 Å². The number of nitrogens with one attached hydrogen (secondary N) is 1. The van der Waals surface area contributed by atoms with Crippen LogP contribution in [0.25, 0.3) is 34.4 Å². The number of methoxy groups -OCH3 is 1. The van der Waals surface area contributed by atoms with E-state index in [0.29, 0.717) is 0 Å². The molecule has 1 heterocycles. The highest BCUT2D eigenvalue weighted by molar-refractivity contribution is 5.86. The maximum Gasteiger partial charge on any atom is 0.136 e. The lowest BCUT2D eigenvalue weighted by molar-refractivity contribution is -0.119. The van der Waals surface area contributed by atoms with Crippen LogP contribution in [0.5, 0.6) is 5.75 Å². The second-order valence-electron chi connectivity index (χ2n) is 9.72. The number of rotatable bonds is 4. The SMILES string of the molecule is COc1cccc(-c2ccc3c(c2)-c2ccc4c(c2=CC3)=CC(C(C)=O)CC4C2=CC=CC=CN2)c1. The van der Waals surface area contributed by atoms with E-state index in [4.69, 9.17) is 4.74 Å². The van der Waals surface area contributed by atoms with Crippen LogP contribution < -0.4 is 20.5 Å². The highest BCUT2D eigenvalue weighted by atomic mass is 16.5. The Morgan fingerprint density at radius 2 is 1.83 bits per heavy atom. The summed E-state index contributed by atoms with van der Waals surface area (Å²) in [6.07, 6.45) is 16.4. The van der Waals surface area contributed by atoms with Crippen molar-refractivity contribution in [3.05, 3.63) is 112 Å². The fraction of sp³-hybridized carbons (Fsp3) is 0.182. The number of ketones is 1. The largest absolute Gasteiger partial charge is 0.497 e. The first kappa shape index (κ1) is 22.4. The number of Topliss-reactive ketones (excluding diaryl/α,β-unsaturated/α-hetero) is 1. The summed E-state index contributed by atoms with van der Waals surface area (Å²) in [7, 11) is 1.70. The predicted octanol–water partition coefficient (Wildman–Crippen LogP) is 5.40. The maximum atomic E-state index is 12.6. The third-order valence-electron chi connectivity index (χ3n) is 7.62. The first-order valence-corrected chi connectivity index (χ1v) is 12.6. The third-order valence-corrected chi connectivity index (χ3v) is 7.62. The molecule has 0 fully saturated rings. The summed E-state index contributed by atoms with van der Waals surface area (Å²) in [6.45, 7) is 1.72. The Labute approximate surface area is 211 Å². The molecule has 3 heteroatoms. The molecule has 0 aromatic heterocycles. The fourth-order valence-electron chi connectivity index (χ4n) is 5.71. The van der Waals surface area contributed by atoms with Gasteiger partial charge in [-0.15, -0.1) is 0 Å². The van der Waals surface area contributed by atoms with Gasteiger partial charge in [0.2, 0.25) is 0 Å². The average molecular weight is 472 g/mol. The van der Waals surface area contributed by atoms with Gasteiger partial charge < -0.3 is 10.1 Å². The summed E-state index contributed by atoms with van der Waals surface area (Å²) in [5.41, 5.74) is 8.57. The molecule has 1 N–H and O–H groups in total. The van der Waals surface area contributed by atoms with Crippen LogP contribution in [0, 0.1) is 5.92 Å². The van der Waals surface area contributed by atoms with Crippen LogP contribution in [0.4, 0.5) is 0 Å². The van der Waals surface area contributed by atoms with Crippen molar-refractivity contribution in [3.8, 4) is 28.0 Å². The molecule has 0 radical (unpaired) electrons. The van der Waals surface area contributed by atoms with E-state index in [9.17, 15) is 4.79 Å². The zero-order valence-corrected chi connectivity index (χ0v) is 20.6. The maximum absolute atomic E-state index is 12.6. The molecule has 1 aliphatic heterocycles. The molecule has 2 atom stereocenters. The zero-order valence-electron chi connectivity index (χ0n) is 20.6. The molecule has 3 aromatic rings. The number of benzene rings is 3. The monoisotopic (exact) mass is 471 g/mol. The van der Waals surface area contributed by atoms with Gasteiger partial charge in [0.25, 0.3) is 0 Å². The molecule has 0 saturated carbocycles. The van der Waals surface area contributed by atoms with Crippen LogP contribution in [0.15, 0.2) is 90.8 Å². The van der Waals surface area contributed by atoms with E-state index in [1.54, 1.807) is 14.0 Å². The van der Waals surface area contributed by atoms with Gasteiger partial charge in [0, 0.05) is 23.7 Å². The minimum Gasteiger partial charge on any atom is -0.497 e. The first-order chi connectivity index (χ1) is 17.6. The summed E-state index contributed by atoms with van der Waals surface area (Å²) < 4.78 is 5.45. The van der Waals surface area contributed by atoms with E-state index in [-0.39, 0.29) is 17.6 Å². The van der Waals surface area contributed by atoms with Gasteiger partial charge in [-0.3, -0.25) is 4.79 Å². The van der Waals surface area contributed by atoms with Crippen molar-refractivity contribution in [2.75, 3.05) is 7.11 Å². The van der Waals surface area contributed by atoms with E-state index in [0.717, 1.165) is 29.9 Å². The Morgan fingerprint density at radius 1 is 0.944 bits per heavy atom. The molecular weight excluding hydrogens is 442 g/mol. The highest BCUT2D eigenvalue weighted by Crippen LogP contribution is 2.35. The van der Waals surface area contributed by atoms with Crippen LogP contribution in [0.2, 0.25) is 0 Å². The second-order valence-corrected chi connectivity index (χ2v) is 9.72. The van der Waals surface area contributed by atoms with Crippen LogP contribution in [0.1, 0.15) is 30.4 Å². The molecule has 3 nitrogen and oxygen atoms in total. The lowest BCUT2D eigenvalue weighted by Gasteiger charge is -2.29. The van der Waals surface area contributed by atoms with Crippen molar-refractivity contribution in [2.24, 2.45) is 5.92 Å². The molecule has 36 heavy (non-hydrogen) atoms. The standard InChI is InChI=1S/C33H29NO2/c1-21(35)25-19-31-28-13-12-22-10-11-24(23-7-6-8-26(17-23)36-2)18-30(22)27(28)14-15-29(31)32(20-25)33-9-4-3-5-16-34-33/h3-11,13-19,25,32,34H,12,20H2,1-2H3. The first-order valence-electron chi connectivity index (χ1n) is 12.6. The number of ether oxygens (including phenoxy) is 1. The Balaban J connectivity index is 1.51. The van der Waals surface area contributed by atoms with Gasteiger partial charge in [-0.25, -0.2) is 0 Å². The number of hydrogen-bond acceptors (Lipinski definition) is 3. The number of allylic oxidation sites excluding steroid dienone is 5. The van der Waals surface area contributed by atoms with Crippen molar-refractivity contribution in [2.45, 2.75) is 25.7 Å². The molecule has 2 aliphatic carbocycles. The molecule has 0 amide bonds. The van der Waals surface area contributed by atoms with Gasteiger partial charge in [-0.2, -0.15) is 0 Å². The molecule has 2 unspecified atom stereocenters. The lowest BCUT2D eigenvalue weighted by atomic mass is 9.76. The summed E-state index contributed by atoms with van der Waals surface area (Å²) >= 11 is 0. The minimum absolute atomic E-state index is 0.0918. The molecule has 3 aliphatic rings. The summed E-state index contributed by atoms with van der Waals surface area (Å²) in [4.78, 5) is 12.6. The highest BCUT2D eigenvalue weighted by Gasteiger charge is 2.29. The molecule has 0 bridgehead atoms. The van der Waals surface area contributed by atoms with Crippen molar-refractivity contribution in [1.29, 1.82) is 0 Å². The zero-order chi connectivity index (χ0) is 24.6. The van der Waals surface area contributed by atoms with Crippen LogP contribution in [-0.2, 0) is 11.2 Å².